The summed E-state index contributed by atoms with van der Waals surface area (Å²) in [4.78, 5) is 29.8. The van der Waals surface area contributed by atoms with Gasteiger partial charge in [0, 0.05) is 17.6 Å². The molecule has 1 amide bonds. The average Bonchev–Trinajstić information content (AvgIpc) is 3.05. The molecule has 0 atom stereocenters. The van der Waals surface area contributed by atoms with Crippen LogP contribution in [-0.2, 0) is 11.3 Å². The highest BCUT2D eigenvalue weighted by atomic mass is 32.2. The molecule has 0 bridgehead atoms. The van der Waals surface area contributed by atoms with E-state index in [1.54, 1.807) is 37.3 Å². The number of fused-ring (bicyclic) bond motifs is 1. The largest absolute Gasteiger partial charge is 0.495 e. The van der Waals surface area contributed by atoms with Crippen LogP contribution in [0.3, 0.4) is 0 Å². The van der Waals surface area contributed by atoms with Gasteiger partial charge in [0.2, 0.25) is 5.91 Å². The third-order valence-electron chi connectivity index (χ3n) is 5.22. The number of benzene rings is 1. The molecule has 158 valence electrons. The lowest BCUT2D eigenvalue weighted by molar-refractivity contribution is -0.117. The van der Waals surface area contributed by atoms with Crippen LogP contribution in [-0.4, -0.2) is 37.4 Å². The zero-order chi connectivity index (χ0) is 21.1. The van der Waals surface area contributed by atoms with Gasteiger partial charge in [-0.05, 0) is 37.5 Å². The molecular formula is C21H25N5O3S. The van der Waals surface area contributed by atoms with Gasteiger partial charge in [0.05, 0.1) is 12.8 Å². The molecule has 1 aromatic carbocycles. The number of nitrogens with zero attached hydrogens (tertiary/aromatic N) is 4. The first-order valence-corrected chi connectivity index (χ1v) is 11.0. The number of carbonyl (C=O) groups excluding carboxylic acids is 1. The first kappa shape index (κ1) is 20.5. The minimum atomic E-state index is -0.357. The average molecular weight is 428 g/mol. The SMILES string of the molecule is COc1ccc(C)cc1NC(=O)Cn1nc2c(SC3CCCCC3)nccn2c1=O. The van der Waals surface area contributed by atoms with Crippen molar-refractivity contribution in [1.29, 1.82) is 0 Å². The van der Waals surface area contributed by atoms with Crippen LogP contribution in [0.2, 0.25) is 0 Å². The molecule has 0 unspecified atom stereocenters. The highest BCUT2D eigenvalue weighted by Gasteiger charge is 2.20. The summed E-state index contributed by atoms with van der Waals surface area (Å²) in [6.45, 7) is 1.74. The molecule has 4 rings (SSSR count). The highest BCUT2D eigenvalue weighted by Crippen LogP contribution is 2.33. The van der Waals surface area contributed by atoms with Crippen LogP contribution in [0.25, 0.3) is 5.65 Å². The number of amides is 1. The van der Waals surface area contributed by atoms with Crippen molar-refractivity contribution >= 4 is 29.0 Å². The topological polar surface area (TPSA) is 90.5 Å². The normalized spacial score (nSPS) is 14.7. The molecule has 1 saturated carbocycles. The standard InChI is InChI=1S/C21H25N5O3S/c1-14-8-9-17(29-2)16(12-14)23-18(27)13-26-21(28)25-11-10-22-20(19(25)24-26)30-15-6-4-3-5-7-15/h8-12,15H,3-7,13H2,1-2H3,(H,23,27). The summed E-state index contributed by atoms with van der Waals surface area (Å²) in [5.41, 5.74) is 1.70. The molecule has 0 spiro atoms. The number of methoxy groups -OCH3 is 1. The van der Waals surface area contributed by atoms with Crippen molar-refractivity contribution in [3.05, 3.63) is 46.6 Å². The van der Waals surface area contributed by atoms with Crippen molar-refractivity contribution in [2.45, 2.75) is 55.8 Å². The summed E-state index contributed by atoms with van der Waals surface area (Å²) < 4.78 is 7.93. The molecule has 0 saturated heterocycles. The van der Waals surface area contributed by atoms with E-state index in [2.05, 4.69) is 15.4 Å². The lowest BCUT2D eigenvalue weighted by Crippen LogP contribution is -2.28. The van der Waals surface area contributed by atoms with E-state index in [-0.39, 0.29) is 18.1 Å². The van der Waals surface area contributed by atoms with Gasteiger partial charge in [-0.25, -0.2) is 18.9 Å². The Labute approximate surface area is 178 Å². The number of ether oxygens (including phenoxy) is 1. The maximum Gasteiger partial charge on any atom is 0.350 e. The summed E-state index contributed by atoms with van der Waals surface area (Å²) in [6.07, 6.45) is 9.24. The van der Waals surface area contributed by atoms with Gasteiger partial charge < -0.3 is 10.1 Å². The molecule has 30 heavy (non-hydrogen) atoms. The van der Waals surface area contributed by atoms with Crippen LogP contribution in [0, 0.1) is 6.92 Å². The number of hydrogen-bond acceptors (Lipinski definition) is 6. The Bertz CT molecular complexity index is 1120. The van der Waals surface area contributed by atoms with Crippen LogP contribution in [0.4, 0.5) is 5.69 Å². The maximum absolute atomic E-state index is 12.8. The van der Waals surface area contributed by atoms with Gasteiger partial charge in [-0.15, -0.1) is 5.10 Å². The lowest BCUT2D eigenvalue weighted by Gasteiger charge is -2.20. The summed E-state index contributed by atoms with van der Waals surface area (Å²) >= 11 is 1.68. The Hall–Kier alpha value is -2.81. The van der Waals surface area contributed by atoms with Crippen LogP contribution in [0.15, 0.2) is 40.4 Å². The van der Waals surface area contributed by atoms with Gasteiger partial charge in [-0.3, -0.25) is 4.79 Å². The quantitative estimate of drug-likeness (QED) is 0.649. The van der Waals surface area contributed by atoms with E-state index in [1.165, 1.54) is 28.3 Å². The predicted molar refractivity (Wildman–Crippen MR) is 116 cm³/mol. The van der Waals surface area contributed by atoms with Crippen molar-refractivity contribution in [2.24, 2.45) is 0 Å². The Morgan fingerprint density at radius 2 is 2.10 bits per heavy atom. The maximum atomic E-state index is 12.8. The molecule has 8 nitrogen and oxygen atoms in total. The van der Waals surface area contributed by atoms with Crippen LogP contribution >= 0.6 is 11.8 Å². The van der Waals surface area contributed by atoms with Gasteiger partial charge in [0.15, 0.2) is 5.65 Å². The Balaban J connectivity index is 1.55. The molecule has 2 heterocycles. The molecule has 1 aliphatic carbocycles. The first-order valence-electron chi connectivity index (χ1n) is 10.1. The van der Waals surface area contributed by atoms with Crippen molar-refractivity contribution in [3.63, 3.8) is 0 Å². The molecule has 0 aliphatic heterocycles. The number of anilines is 1. The van der Waals surface area contributed by atoms with Crippen LogP contribution in [0.5, 0.6) is 5.75 Å². The molecule has 3 aromatic rings. The fourth-order valence-electron chi connectivity index (χ4n) is 3.70. The smallest absolute Gasteiger partial charge is 0.350 e. The number of nitrogens with one attached hydrogen (secondary N) is 1. The Kier molecular flexibility index (Phi) is 6.08. The Morgan fingerprint density at radius 3 is 2.87 bits per heavy atom. The van der Waals surface area contributed by atoms with Gasteiger partial charge in [-0.2, -0.15) is 0 Å². The van der Waals surface area contributed by atoms with E-state index in [0.717, 1.165) is 23.4 Å². The van der Waals surface area contributed by atoms with Crippen molar-refractivity contribution < 1.29 is 9.53 Å². The van der Waals surface area contributed by atoms with Gasteiger partial charge >= 0.3 is 5.69 Å². The van der Waals surface area contributed by atoms with E-state index in [0.29, 0.717) is 22.3 Å². The number of aromatic nitrogens is 4. The zero-order valence-corrected chi connectivity index (χ0v) is 17.9. The van der Waals surface area contributed by atoms with Gasteiger partial charge in [-0.1, -0.05) is 37.1 Å². The number of rotatable bonds is 6. The minimum Gasteiger partial charge on any atom is -0.495 e. The van der Waals surface area contributed by atoms with Crippen LogP contribution in [0.1, 0.15) is 37.7 Å². The highest BCUT2D eigenvalue weighted by molar-refractivity contribution is 8.00. The van der Waals surface area contributed by atoms with E-state index < -0.39 is 0 Å². The number of thioether (sulfide) groups is 1. The number of aryl methyl sites for hydroxylation is 1. The second-order valence-electron chi connectivity index (χ2n) is 7.50. The van der Waals surface area contributed by atoms with E-state index in [4.69, 9.17) is 4.74 Å². The monoisotopic (exact) mass is 427 g/mol. The van der Waals surface area contributed by atoms with Crippen molar-refractivity contribution in [3.8, 4) is 5.75 Å². The van der Waals surface area contributed by atoms with E-state index in [1.807, 2.05) is 19.1 Å². The number of carbonyl (C=O) groups is 1. The molecule has 0 radical (unpaired) electrons. The Morgan fingerprint density at radius 1 is 1.30 bits per heavy atom. The molecule has 1 N–H and O–H groups in total. The van der Waals surface area contributed by atoms with Crippen molar-refractivity contribution in [2.75, 3.05) is 12.4 Å². The second-order valence-corrected chi connectivity index (χ2v) is 8.79. The molecule has 1 aliphatic rings. The minimum absolute atomic E-state index is 0.189. The third-order valence-corrected chi connectivity index (χ3v) is 6.54. The van der Waals surface area contributed by atoms with Gasteiger partial charge in [0.1, 0.15) is 17.3 Å². The first-order chi connectivity index (χ1) is 14.5. The van der Waals surface area contributed by atoms with Crippen molar-refractivity contribution in [1.82, 2.24) is 19.2 Å². The molecule has 1 fully saturated rings. The fourth-order valence-corrected chi connectivity index (χ4v) is 4.95. The van der Waals surface area contributed by atoms with Gasteiger partial charge in [0.25, 0.3) is 0 Å². The van der Waals surface area contributed by atoms with Crippen LogP contribution < -0.4 is 15.7 Å². The van der Waals surface area contributed by atoms with E-state index in [9.17, 15) is 9.59 Å². The zero-order valence-electron chi connectivity index (χ0n) is 17.1. The second kappa shape index (κ2) is 8.91. The molecule has 9 heteroatoms. The number of hydrogen-bond donors (Lipinski definition) is 1. The fraction of sp³-hybridized carbons (Fsp3) is 0.429. The third kappa shape index (κ3) is 4.35. The summed E-state index contributed by atoms with van der Waals surface area (Å²) in [6, 6.07) is 5.52. The summed E-state index contributed by atoms with van der Waals surface area (Å²) in [5, 5.41) is 8.45. The summed E-state index contributed by atoms with van der Waals surface area (Å²) in [5.74, 6) is 0.213. The van der Waals surface area contributed by atoms with E-state index >= 15 is 0 Å². The molecular weight excluding hydrogens is 402 g/mol. The summed E-state index contributed by atoms with van der Waals surface area (Å²) in [7, 11) is 1.55. The predicted octanol–water partition coefficient (Wildman–Crippen LogP) is 3.27. The lowest BCUT2D eigenvalue weighted by atomic mass is 10.0. The molecule has 2 aromatic heterocycles.